The minimum Gasteiger partial charge on any atom is -0.344 e. The maximum atomic E-state index is 2.47. The standard InChI is InChI=1S/C34H32N2/c1-33(2)25-15-21-11-7-9-13-23(21)17-29(25)35(5)31-20-28-32(19-27(31)33)36(6)30-18-24-14-10-8-12-22(24)16-26(30)34(28,3)4/h7-20H,1-6H3. The summed E-state index contributed by atoms with van der Waals surface area (Å²) in [6.07, 6.45) is 0. The van der Waals surface area contributed by atoms with E-state index in [4.69, 9.17) is 0 Å². The van der Waals surface area contributed by atoms with E-state index in [1.54, 1.807) is 0 Å². The zero-order valence-electron chi connectivity index (χ0n) is 22.0. The number of nitrogens with zero attached hydrogens (tertiary/aromatic N) is 2. The van der Waals surface area contributed by atoms with Crippen LogP contribution in [-0.4, -0.2) is 14.1 Å². The zero-order chi connectivity index (χ0) is 25.0. The number of fused-ring (bicyclic) bond motifs is 6. The molecule has 5 aromatic rings. The number of rotatable bonds is 0. The van der Waals surface area contributed by atoms with Crippen LogP contribution in [-0.2, 0) is 10.8 Å². The maximum Gasteiger partial charge on any atom is 0.0456 e. The Morgan fingerprint density at radius 2 is 0.694 bits per heavy atom. The van der Waals surface area contributed by atoms with Crippen LogP contribution < -0.4 is 9.80 Å². The molecule has 0 amide bonds. The number of hydrogen-bond donors (Lipinski definition) is 0. The topological polar surface area (TPSA) is 6.48 Å². The van der Waals surface area contributed by atoms with Crippen molar-refractivity contribution >= 4 is 44.3 Å². The predicted molar refractivity (Wildman–Crippen MR) is 155 cm³/mol. The molecular formula is C34H32N2. The van der Waals surface area contributed by atoms with Crippen molar-refractivity contribution < 1.29 is 0 Å². The van der Waals surface area contributed by atoms with E-state index in [1.165, 1.54) is 66.5 Å². The molecule has 0 unspecified atom stereocenters. The Morgan fingerprint density at radius 1 is 0.417 bits per heavy atom. The van der Waals surface area contributed by atoms with Gasteiger partial charge >= 0.3 is 0 Å². The number of hydrogen-bond acceptors (Lipinski definition) is 2. The summed E-state index contributed by atoms with van der Waals surface area (Å²) < 4.78 is 0. The molecular weight excluding hydrogens is 436 g/mol. The van der Waals surface area contributed by atoms with Gasteiger partial charge < -0.3 is 9.80 Å². The molecule has 0 saturated carbocycles. The van der Waals surface area contributed by atoms with E-state index in [0.717, 1.165) is 0 Å². The molecule has 5 aromatic carbocycles. The Kier molecular flexibility index (Phi) is 4.13. The Labute approximate surface area is 213 Å². The molecule has 0 radical (unpaired) electrons. The molecule has 2 heterocycles. The molecule has 2 nitrogen and oxygen atoms in total. The van der Waals surface area contributed by atoms with Gasteiger partial charge in [-0.15, -0.1) is 0 Å². The summed E-state index contributed by atoms with van der Waals surface area (Å²) in [6, 6.07) is 31.9. The summed E-state index contributed by atoms with van der Waals surface area (Å²) in [5.74, 6) is 0. The molecule has 0 N–H and O–H groups in total. The molecule has 0 fully saturated rings. The quantitative estimate of drug-likeness (QED) is 0.224. The third-order valence-corrected chi connectivity index (χ3v) is 8.98. The van der Waals surface area contributed by atoms with Crippen molar-refractivity contribution in [3.8, 4) is 0 Å². The van der Waals surface area contributed by atoms with Crippen molar-refractivity contribution in [1.29, 1.82) is 0 Å². The molecule has 2 heteroatoms. The molecule has 0 aromatic heterocycles. The van der Waals surface area contributed by atoms with Crippen LogP contribution >= 0.6 is 0 Å². The Hall–Kier alpha value is -3.78. The fourth-order valence-electron chi connectivity index (χ4n) is 6.70. The lowest BCUT2D eigenvalue weighted by Gasteiger charge is -2.45. The lowest BCUT2D eigenvalue weighted by molar-refractivity contribution is 0.613. The highest BCUT2D eigenvalue weighted by atomic mass is 15.1. The molecule has 36 heavy (non-hydrogen) atoms. The lowest BCUT2D eigenvalue weighted by atomic mass is 9.68. The third-order valence-electron chi connectivity index (χ3n) is 8.98. The normalized spacial score (nSPS) is 16.9. The molecule has 2 aliphatic rings. The van der Waals surface area contributed by atoms with Gasteiger partial charge in [-0.05, 0) is 80.2 Å². The van der Waals surface area contributed by atoms with E-state index in [-0.39, 0.29) is 10.8 Å². The van der Waals surface area contributed by atoms with Gasteiger partial charge in [0, 0.05) is 47.7 Å². The van der Waals surface area contributed by atoms with E-state index in [2.05, 4.69) is 137 Å². The van der Waals surface area contributed by atoms with Crippen molar-refractivity contribution in [2.45, 2.75) is 38.5 Å². The maximum absolute atomic E-state index is 2.47. The van der Waals surface area contributed by atoms with Crippen LogP contribution in [0.3, 0.4) is 0 Å². The Balaban J connectivity index is 1.49. The van der Waals surface area contributed by atoms with E-state index < -0.39 is 0 Å². The van der Waals surface area contributed by atoms with Crippen LogP contribution in [0.1, 0.15) is 49.9 Å². The van der Waals surface area contributed by atoms with Crippen LogP contribution in [0, 0.1) is 0 Å². The zero-order valence-corrected chi connectivity index (χ0v) is 22.0. The average Bonchev–Trinajstić information content (AvgIpc) is 2.88. The predicted octanol–water partition coefficient (Wildman–Crippen LogP) is 8.81. The van der Waals surface area contributed by atoms with E-state index in [9.17, 15) is 0 Å². The monoisotopic (exact) mass is 468 g/mol. The molecule has 178 valence electrons. The van der Waals surface area contributed by atoms with Crippen LogP contribution in [0.2, 0.25) is 0 Å². The largest absolute Gasteiger partial charge is 0.344 e. The highest BCUT2D eigenvalue weighted by molar-refractivity contribution is 5.95. The van der Waals surface area contributed by atoms with Gasteiger partial charge in [-0.25, -0.2) is 0 Å². The summed E-state index contributed by atoms with van der Waals surface area (Å²) in [7, 11) is 4.46. The first kappa shape index (κ1) is 21.5. The molecule has 0 spiro atoms. The second-order valence-corrected chi connectivity index (χ2v) is 11.7. The van der Waals surface area contributed by atoms with Crippen molar-refractivity contribution in [3.05, 3.63) is 107 Å². The van der Waals surface area contributed by atoms with E-state index in [1.807, 2.05) is 0 Å². The number of benzene rings is 5. The second-order valence-electron chi connectivity index (χ2n) is 11.7. The van der Waals surface area contributed by atoms with Crippen LogP contribution in [0.5, 0.6) is 0 Å². The van der Waals surface area contributed by atoms with Gasteiger partial charge in [-0.2, -0.15) is 0 Å². The third kappa shape index (κ3) is 2.67. The van der Waals surface area contributed by atoms with E-state index in [0.29, 0.717) is 0 Å². The minimum absolute atomic E-state index is 0.106. The lowest BCUT2D eigenvalue weighted by Crippen LogP contribution is -2.35. The van der Waals surface area contributed by atoms with E-state index >= 15 is 0 Å². The fourth-order valence-corrected chi connectivity index (χ4v) is 6.70. The summed E-state index contributed by atoms with van der Waals surface area (Å²) in [5.41, 5.74) is 10.6. The van der Waals surface area contributed by atoms with Gasteiger partial charge in [0.1, 0.15) is 0 Å². The van der Waals surface area contributed by atoms with Gasteiger partial charge in [0.2, 0.25) is 0 Å². The highest BCUT2D eigenvalue weighted by Gasteiger charge is 2.41. The van der Waals surface area contributed by atoms with Gasteiger partial charge in [0.05, 0.1) is 0 Å². The summed E-state index contributed by atoms with van der Waals surface area (Å²) in [6.45, 7) is 9.53. The fraction of sp³-hybridized carbons (Fsp3) is 0.235. The van der Waals surface area contributed by atoms with Gasteiger partial charge in [-0.3, -0.25) is 0 Å². The number of anilines is 4. The smallest absolute Gasteiger partial charge is 0.0456 e. The van der Waals surface area contributed by atoms with Crippen LogP contribution in [0.4, 0.5) is 22.7 Å². The molecule has 0 atom stereocenters. The molecule has 0 saturated heterocycles. The first-order valence-electron chi connectivity index (χ1n) is 12.9. The van der Waals surface area contributed by atoms with Crippen molar-refractivity contribution in [2.75, 3.05) is 23.9 Å². The molecule has 0 aliphatic carbocycles. The SMILES string of the molecule is CN1c2cc3c(cc2C(C)(C)c2cc4ccccc4cc21)N(C)c1cc2ccccc2cc1C3(C)C. The Morgan fingerprint density at radius 3 is 1.06 bits per heavy atom. The van der Waals surface area contributed by atoms with Crippen molar-refractivity contribution in [1.82, 2.24) is 0 Å². The molecule has 2 aliphatic heterocycles. The first-order valence-corrected chi connectivity index (χ1v) is 12.9. The molecule has 0 bridgehead atoms. The van der Waals surface area contributed by atoms with Gasteiger partial charge in [0.25, 0.3) is 0 Å². The molecule has 7 rings (SSSR count). The average molecular weight is 469 g/mol. The van der Waals surface area contributed by atoms with Crippen molar-refractivity contribution in [2.24, 2.45) is 0 Å². The van der Waals surface area contributed by atoms with Gasteiger partial charge in [0.15, 0.2) is 0 Å². The minimum atomic E-state index is -0.106. The first-order chi connectivity index (χ1) is 17.2. The van der Waals surface area contributed by atoms with Crippen molar-refractivity contribution in [3.63, 3.8) is 0 Å². The summed E-state index contributed by atoms with van der Waals surface area (Å²) >= 11 is 0. The van der Waals surface area contributed by atoms with Gasteiger partial charge in [-0.1, -0.05) is 76.2 Å². The van der Waals surface area contributed by atoms with Crippen LogP contribution in [0.15, 0.2) is 84.9 Å². The summed E-state index contributed by atoms with van der Waals surface area (Å²) in [4.78, 5) is 4.82. The van der Waals surface area contributed by atoms with Crippen LogP contribution in [0.25, 0.3) is 21.5 Å². The Bertz CT molecular complexity index is 1590. The second kappa shape index (κ2) is 6.91. The summed E-state index contributed by atoms with van der Waals surface area (Å²) in [5, 5.41) is 5.19. The highest BCUT2D eigenvalue weighted by Crippen LogP contribution is 2.56.